The van der Waals surface area contributed by atoms with E-state index in [4.69, 9.17) is 5.73 Å². The van der Waals surface area contributed by atoms with Gasteiger partial charge in [-0.25, -0.2) is 4.98 Å². The third-order valence-corrected chi connectivity index (χ3v) is 4.59. The van der Waals surface area contributed by atoms with Crippen LogP contribution in [0.15, 0.2) is 30.7 Å². The van der Waals surface area contributed by atoms with E-state index in [-0.39, 0.29) is 17.5 Å². The molecule has 0 spiro atoms. The van der Waals surface area contributed by atoms with Crippen LogP contribution in [-0.4, -0.2) is 32.5 Å². The zero-order chi connectivity index (χ0) is 18.4. The second-order valence-electron chi connectivity index (χ2n) is 6.56. The van der Waals surface area contributed by atoms with Gasteiger partial charge in [0.25, 0.3) is 0 Å². The van der Waals surface area contributed by atoms with Crippen LogP contribution in [0.1, 0.15) is 31.2 Å². The minimum absolute atomic E-state index is 0.121. The third kappa shape index (κ3) is 4.85. The number of nitrogens with zero attached hydrogens (tertiary/aromatic N) is 4. The van der Waals surface area contributed by atoms with Crippen LogP contribution in [0.3, 0.4) is 0 Å². The quantitative estimate of drug-likeness (QED) is 0.508. The summed E-state index contributed by atoms with van der Waals surface area (Å²) in [6.07, 6.45) is 8.72. The van der Waals surface area contributed by atoms with Crippen molar-refractivity contribution in [2.24, 2.45) is 11.7 Å². The lowest BCUT2D eigenvalue weighted by molar-refractivity contribution is -0.384. The maximum absolute atomic E-state index is 11.2. The molecule has 0 aliphatic heterocycles. The van der Waals surface area contributed by atoms with E-state index in [1.807, 2.05) is 12.1 Å². The molecule has 3 rings (SSSR count). The number of nitrogens with two attached hydrogens (primary N) is 1. The van der Waals surface area contributed by atoms with E-state index in [1.54, 1.807) is 12.4 Å². The fraction of sp³-hybridized carbons (Fsp3) is 0.471. The van der Waals surface area contributed by atoms with Crippen LogP contribution in [0.4, 0.5) is 17.5 Å². The van der Waals surface area contributed by atoms with Gasteiger partial charge in [0.2, 0.25) is 11.8 Å². The van der Waals surface area contributed by atoms with Gasteiger partial charge in [-0.15, -0.1) is 0 Å². The van der Waals surface area contributed by atoms with E-state index in [0.29, 0.717) is 25.0 Å². The molecule has 1 saturated carbocycles. The molecule has 26 heavy (non-hydrogen) atoms. The Bertz CT molecular complexity index is 733. The Kier molecular flexibility index (Phi) is 5.90. The topological polar surface area (TPSA) is 132 Å². The van der Waals surface area contributed by atoms with Crippen LogP contribution in [0.5, 0.6) is 0 Å². The van der Waals surface area contributed by atoms with E-state index in [1.165, 1.54) is 6.20 Å². The monoisotopic (exact) mass is 357 g/mol. The Morgan fingerprint density at radius 2 is 2.04 bits per heavy atom. The van der Waals surface area contributed by atoms with E-state index < -0.39 is 4.92 Å². The number of pyridine rings is 1. The van der Waals surface area contributed by atoms with Crippen LogP contribution in [-0.2, 0) is 6.54 Å². The van der Waals surface area contributed by atoms with Crippen molar-refractivity contribution >= 4 is 17.5 Å². The Hall–Kier alpha value is -2.81. The van der Waals surface area contributed by atoms with Crippen molar-refractivity contribution in [3.63, 3.8) is 0 Å². The van der Waals surface area contributed by atoms with Crippen molar-refractivity contribution < 1.29 is 4.92 Å². The number of nitro groups is 1. The predicted molar refractivity (Wildman–Crippen MR) is 98.7 cm³/mol. The zero-order valence-electron chi connectivity index (χ0n) is 14.5. The van der Waals surface area contributed by atoms with Gasteiger partial charge in [-0.05, 0) is 43.2 Å². The van der Waals surface area contributed by atoms with Gasteiger partial charge in [-0.1, -0.05) is 6.07 Å². The summed E-state index contributed by atoms with van der Waals surface area (Å²) in [5.41, 5.74) is 6.78. The van der Waals surface area contributed by atoms with Gasteiger partial charge in [0.1, 0.15) is 6.20 Å². The molecule has 0 unspecified atom stereocenters. The first-order valence-electron chi connectivity index (χ1n) is 8.75. The molecule has 0 atom stereocenters. The fourth-order valence-electron chi connectivity index (χ4n) is 3.04. The Morgan fingerprint density at radius 1 is 1.23 bits per heavy atom. The smallest absolute Gasteiger partial charge is 0.329 e. The van der Waals surface area contributed by atoms with Crippen molar-refractivity contribution in [3.8, 4) is 0 Å². The van der Waals surface area contributed by atoms with Gasteiger partial charge in [0.05, 0.1) is 4.92 Å². The van der Waals surface area contributed by atoms with E-state index in [0.717, 1.165) is 31.2 Å². The van der Waals surface area contributed by atoms with Gasteiger partial charge in [0.15, 0.2) is 0 Å². The van der Waals surface area contributed by atoms with E-state index in [2.05, 4.69) is 25.6 Å². The molecule has 1 aliphatic rings. The summed E-state index contributed by atoms with van der Waals surface area (Å²) in [7, 11) is 0. The number of hydrogen-bond acceptors (Lipinski definition) is 8. The van der Waals surface area contributed by atoms with Crippen LogP contribution in [0.2, 0.25) is 0 Å². The SMILES string of the molecule is N[C@H]1CC[C@H](CNc2nc(NCc3cccnc3)ncc2[N+](=O)[O-])CC1. The summed E-state index contributed by atoms with van der Waals surface area (Å²) < 4.78 is 0. The van der Waals surface area contributed by atoms with Gasteiger partial charge in [-0.3, -0.25) is 15.1 Å². The highest BCUT2D eigenvalue weighted by Crippen LogP contribution is 2.26. The Balaban J connectivity index is 1.65. The Labute approximate surface area is 151 Å². The van der Waals surface area contributed by atoms with Gasteiger partial charge in [0, 0.05) is 31.5 Å². The number of hydrogen-bond donors (Lipinski definition) is 3. The van der Waals surface area contributed by atoms with Gasteiger partial charge >= 0.3 is 5.69 Å². The summed E-state index contributed by atoms with van der Waals surface area (Å²) in [6.45, 7) is 1.14. The molecule has 0 bridgehead atoms. The molecule has 9 heteroatoms. The molecule has 2 aromatic heterocycles. The molecule has 4 N–H and O–H groups in total. The molecule has 1 fully saturated rings. The molecule has 2 heterocycles. The second-order valence-corrected chi connectivity index (χ2v) is 6.56. The van der Waals surface area contributed by atoms with E-state index in [9.17, 15) is 10.1 Å². The lowest BCUT2D eigenvalue weighted by Crippen LogP contribution is -2.29. The fourth-order valence-corrected chi connectivity index (χ4v) is 3.04. The second kappa shape index (κ2) is 8.52. The van der Waals surface area contributed by atoms with Gasteiger partial charge in [-0.2, -0.15) is 4.98 Å². The molecule has 9 nitrogen and oxygen atoms in total. The number of anilines is 2. The summed E-state index contributed by atoms with van der Waals surface area (Å²) in [6, 6.07) is 4.05. The molecule has 0 amide bonds. The highest BCUT2D eigenvalue weighted by Gasteiger charge is 2.21. The number of rotatable bonds is 7. The van der Waals surface area contributed by atoms with Crippen molar-refractivity contribution in [1.82, 2.24) is 15.0 Å². The average Bonchev–Trinajstić information content (AvgIpc) is 2.66. The standard InChI is InChI=1S/C17H23N7O2/c18-14-5-3-12(4-6-14)9-20-16-15(24(25)26)11-22-17(23-16)21-10-13-2-1-7-19-8-13/h1-2,7-8,11-12,14H,3-6,9-10,18H2,(H2,20,21,22,23)/t12-,14-. The highest BCUT2D eigenvalue weighted by molar-refractivity contribution is 5.57. The van der Waals surface area contributed by atoms with Crippen LogP contribution in [0.25, 0.3) is 0 Å². The molecular formula is C17H23N7O2. The molecule has 0 radical (unpaired) electrons. The number of nitrogens with one attached hydrogen (secondary N) is 2. The van der Waals surface area contributed by atoms with Crippen LogP contribution >= 0.6 is 0 Å². The first-order chi connectivity index (χ1) is 12.6. The van der Waals surface area contributed by atoms with Crippen molar-refractivity contribution in [2.75, 3.05) is 17.2 Å². The summed E-state index contributed by atoms with van der Waals surface area (Å²) >= 11 is 0. The molecule has 0 saturated heterocycles. The van der Waals surface area contributed by atoms with Gasteiger partial charge < -0.3 is 16.4 Å². The molecule has 2 aromatic rings. The summed E-state index contributed by atoms with van der Waals surface area (Å²) in [5, 5.41) is 17.4. The van der Waals surface area contributed by atoms with Crippen molar-refractivity contribution in [2.45, 2.75) is 38.3 Å². The average molecular weight is 357 g/mol. The number of aromatic nitrogens is 3. The first-order valence-corrected chi connectivity index (χ1v) is 8.75. The minimum Gasteiger partial charge on any atom is -0.364 e. The summed E-state index contributed by atoms with van der Waals surface area (Å²) in [4.78, 5) is 23.2. The summed E-state index contributed by atoms with van der Waals surface area (Å²) in [5.74, 6) is 1.04. The lowest BCUT2D eigenvalue weighted by Gasteiger charge is -2.26. The molecular weight excluding hydrogens is 334 g/mol. The lowest BCUT2D eigenvalue weighted by atomic mass is 9.86. The zero-order valence-corrected chi connectivity index (χ0v) is 14.5. The third-order valence-electron chi connectivity index (χ3n) is 4.59. The maximum Gasteiger partial charge on any atom is 0.329 e. The predicted octanol–water partition coefficient (Wildman–Crippen LogP) is 2.32. The molecule has 138 valence electrons. The normalized spacial score (nSPS) is 19.7. The van der Waals surface area contributed by atoms with Crippen LogP contribution < -0.4 is 16.4 Å². The Morgan fingerprint density at radius 3 is 2.73 bits per heavy atom. The largest absolute Gasteiger partial charge is 0.364 e. The molecule has 0 aromatic carbocycles. The molecule has 1 aliphatic carbocycles. The maximum atomic E-state index is 11.2. The van der Waals surface area contributed by atoms with Crippen LogP contribution in [0, 0.1) is 16.0 Å². The minimum atomic E-state index is -0.468. The first kappa shape index (κ1) is 18.0. The van der Waals surface area contributed by atoms with Crippen molar-refractivity contribution in [1.29, 1.82) is 0 Å². The van der Waals surface area contributed by atoms with E-state index >= 15 is 0 Å². The highest BCUT2D eigenvalue weighted by atomic mass is 16.6. The van der Waals surface area contributed by atoms with Crippen molar-refractivity contribution in [3.05, 3.63) is 46.4 Å².